The normalized spacial score (nSPS) is 10.3. The molecule has 1 heterocycles. The summed E-state index contributed by atoms with van der Waals surface area (Å²) < 4.78 is 0. The van der Waals surface area contributed by atoms with E-state index in [1.54, 1.807) is 20.0 Å². The van der Waals surface area contributed by atoms with Crippen molar-refractivity contribution in [2.45, 2.75) is 26.4 Å². The van der Waals surface area contributed by atoms with Crippen molar-refractivity contribution >= 4 is 12.0 Å². The summed E-state index contributed by atoms with van der Waals surface area (Å²) in [4.78, 5) is 30.2. The number of carboxylic acids is 1. The highest BCUT2D eigenvalue weighted by Crippen LogP contribution is 1.99. The maximum Gasteiger partial charge on any atom is 0.323 e. The van der Waals surface area contributed by atoms with Crippen molar-refractivity contribution in [2.24, 2.45) is 0 Å². The van der Waals surface area contributed by atoms with Gasteiger partial charge in [0.2, 0.25) is 0 Å². The summed E-state index contributed by atoms with van der Waals surface area (Å²) in [6, 6.07) is -0.579. The number of carbonyl (C=O) groups is 2. The molecule has 0 radical (unpaired) electrons. The second-order valence-corrected chi connectivity index (χ2v) is 3.85. The van der Waals surface area contributed by atoms with E-state index in [9.17, 15) is 9.59 Å². The first kappa shape index (κ1) is 13.0. The van der Waals surface area contributed by atoms with E-state index >= 15 is 0 Å². The zero-order valence-corrected chi connectivity index (χ0v) is 9.80. The minimum atomic E-state index is -1.03. The highest BCUT2D eigenvalue weighted by atomic mass is 16.4. The first-order chi connectivity index (χ1) is 8.00. The van der Waals surface area contributed by atoms with Crippen LogP contribution in [0, 0.1) is 0 Å². The third kappa shape index (κ3) is 4.13. The fraction of sp³-hybridized carbons (Fsp3) is 0.500. The third-order valence-corrected chi connectivity index (χ3v) is 2.17. The minimum Gasteiger partial charge on any atom is -0.480 e. The van der Waals surface area contributed by atoms with E-state index in [4.69, 9.17) is 5.11 Å². The number of rotatable bonds is 5. The van der Waals surface area contributed by atoms with Gasteiger partial charge < -0.3 is 20.3 Å². The molecule has 94 valence electrons. The minimum absolute atomic E-state index is 0.173. The molecular weight excluding hydrogens is 224 g/mol. The lowest BCUT2D eigenvalue weighted by Crippen LogP contribution is -2.46. The molecule has 0 spiro atoms. The molecule has 2 amide bonds. The second kappa shape index (κ2) is 5.88. The van der Waals surface area contributed by atoms with Crippen LogP contribution in [0.15, 0.2) is 12.5 Å². The van der Waals surface area contributed by atoms with Crippen molar-refractivity contribution in [1.82, 2.24) is 20.2 Å². The van der Waals surface area contributed by atoms with E-state index in [0.29, 0.717) is 6.54 Å². The zero-order valence-electron chi connectivity index (χ0n) is 9.80. The average molecular weight is 240 g/mol. The summed E-state index contributed by atoms with van der Waals surface area (Å²) in [5, 5.41) is 11.3. The smallest absolute Gasteiger partial charge is 0.323 e. The predicted molar refractivity (Wildman–Crippen MR) is 60.3 cm³/mol. The predicted octanol–water partition coefficient (Wildman–Crippen LogP) is 0.414. The van der Waals surface area contributed by atoms with Crippen LogP contribution in [-0.2, 0) is 11.3 Å². The monoisotopic (exact) mass is 240 g/mol. The van der Waals surface area contributed by atoms with Crippen LogP contribution in [0.1, 0.15) is 19.5 Å². The van der Waals surface area contributed by atoms with Gasteiger partial charge in [-0.3, -0.25) is 4.79 Å². The molecular formula is C10H16N4O3. The number of H-pyrrole nitrogens is 1. The lowest BCUT2D eigenvalue weighted by atomic mass is 10.3. The van der Waals surface area contributed by atoms with Gasteiger partial charge in [0.05, 0.1) is 18.6 Å². The number of aromatic nitrogens is 2. The maximum absolute atomic E-state index is 11.7. The molecule has 1 aromatic rings. The number of aliphatic carboxylic acids is 1. The number of carbonyl (C=O) groups excluding carboxylic acids is 1. The Labute approximate surface area is 98.8 Å². The van der Waals surface area contributed by atoms with Gasteiger partial charge in [0.25, 0.3) is 0 Å². The Morgan fingerprint density at radius 2 is 2.29 bits per heavy atom. The van der Waals surface area contributed by atoms with E-state index in [1.165, 1.54) is 11.2 Å². The average Bonchev–Trinajstić information content (AvgIpc) is 2.74. The Bertz CT molecular complexity index is 375. The van der Waals surface area contributed by atoms with Gasteiger partial charge in [-0.2, -0.15) is 0 Å². The Hall–Kier alpha value is -2.05. The number of imidazole rings is 1. The standard InChI is InChI=1S/C10H16N4O3/c1-7(2)14(5-9(15)16)10(17)12-4-8-3-11-6-13-8/h3,6-7H,4-5H2,1-2H3,(H,11,13)(H,12,17)(H,15,16). The quantitative estimate of drug-likeness (QED) is 0.694. The molecule has 7 heteroatoms. The number of aromatic amines is 1. The molecule has 0 aliphatic rings. The summed E-state index contributed by atoms with van der Waals surface area (Å²) in [6.45, 7) is 3.51. The molecule has 0 saturated carbocycles. The summed E-state index contributed by atoms with van der Waals surface area (Å²) >= 11 is 0. The van der Waals surface area contributed by atoms with Crippen LogP contribution in [0.3, 0.4) is 0 Å². The summed E-state index contributed by atoms with van der Waals surface area (Å²) in [5.74, 6) is -1.03. The first-order valence-electron chi connectivity index (χ1n) is 5.24. The van der Waals surface area contributed by atoms with Gasteiger partial charge in [-0.1, -0.05) is 0 Å². The molecule has 0 fully saturated rings. The summed E-state index contributed by atoms with van der Waals surface area (Å²) in [7, 11) is 0. The second-order valence-electron chi connectivity index (χ2n) is 3.85. The van der Waals surface area contributed by atoms with Crippen LogP contribution in [0.5, 0.6) is 0 Å². The van der Waals surface area contributed by atoms with Gasteiger partial charge in [-0.25, -0.2) is 9.78 Å². The molecule has 17 heavy (non-hydrogen) atoms. The molecule has 0 aromatic carbocycles. The lowest BCUT2D eigenvalue weighted by Gasteiger charge is -2.24. The molecule has 0 saturated heterocycles. The van der Waals surface area contributed by atoms with E-state index in [-0.39, 0.29) is 12.6 Å². The fourth-order valence-corrected chi connectivity index (χ4v) is 1.29. The summed E-state index contributed by atoms with van der Waals surface area (Å²) in [5.41, 5.74) is 0.761. The van der Waals surface area contributed by atoms with Crippen LogP contribution in [0.2, 0.25) is 0 Å². The van der Waals surface area contributed by atoms with E-state index in [1.807, 2.05) is 0 Å². The summed E-state index contributed by atoms with van der Waals surface area (Å²) in [6.07, 6.45) is 3.11. The van der Waals surface area contributed by atoms with Crippen LogP contribution in [-0.4, -0.2) is 44.6 Å². The Morgan fingerprint density at radius 3 is 2.76 bits per heavy atom. The number of nitrogens with zero attached hydrogens (tertiary/aromatic N) is 2. The van der Waals surface area contributed by atoms with Gasteiger partial charge >= 0.3 is 12.0 Å². The van der Waals surface area contributed by atoms with Crippen molar-refractivity contribution in [3.05, 3.63) is 18.2 Å². The van der Waals surface area contributed by atoms with Gasteiger partial charge in [0, 0.05) is 12.2 Å². The Morgan fingerprint density at radius 1 is 1.59 bits per heavy atom. The number of urea groups is 1. The van der Waals surface area contributed by atoms with Gasteiger partial charge in [-0.15, -0.1) is 0 Å². The molecule has 1 aromatic heterocycles. The molecule has 0 aliphatic heterocycles. The molecule has 0 bridgehead atoms. The van der Waals surface area contributed by atoms with Crippen LogP contribution >= 0.6 is 0 Å². The van der Waals surface area contributed by atoms with E-state index in [2.05, 4.69) is 15.3 Å². The fourth-order valence-electron chi connectivity index (χ4n) is 1.29. The lowest BCUT2D eigenvalue weighted by molar-refractivity contribution is -0.138. The van der Waals surface area contributed by atoms with Crippen LogP contribution < -0.4 is 5.32 Å². The molecule has 0 aliphatic carbocycles. The highest BCUT2D eigenvalue weighted by molar-refractivity contribution is 5.80. The molecule has 7 nitrogen and oxygen atoms in total. The van der Waals surface area contributed by atoms with E-state index in [0.717, 1.165) is 5.69 Å². The van der Waals surface area contributed by atoms with Gasteiger partial charge in [-0.05, 0) is 13.8 Å². The zero-order chi connectivity index (χ0) is 12.8. The number of nitrogens with one attached hydrogen (secondary N) is 2. The van der Waals surface area contributed by atoms with Crippen LogP contribution in [0.4, 0.5) is 4.79 Å². The first-order valence-corrected chi connectivity index (χ1v) is 5.24. The van der Waals surface area contributed by atoms with Gasteiger partial charge in [0.15, 0.2) is 0 Å². The third-order valence-electron chi connectivity index (χ3n) is 2.17. The van der Waals surface area contributed by atoms with Crippen molar-refractivity contribution in [1.29, 1.82) is 0 Å². The Kier molecular flexibility index (Phi) is 4.50. The van der Waals surface area contributed by atoms with Crippen molar-refractivity contribution < 1.29 is 14.7 Å². The van der Waals surface area contributed by atoms with Gasteiger partial charge in [0.1, 0.15) is 6.54 Å². The molecule has 0 unspecified atom stereocenters. The molecule has 1 rings (SSSR count). The number of hydrogen-bond donors (Lipinski definition) is 3. The largest absolute Gasteiger partial charge is 0.480 e. The molecule has 3 N–H and O–H groups in total. The Balaban J connectivity index is 2.50. The highest BCUT2D eigenvalue weighted by Gasteiger charge is 2.19. The van der Waals surface area contributed by atoms with Crippen LogP contribution in [0.25, 0.3) is 0 Å². The van der Waals surface area contributed by atoms with E-state index < -0.39 is 12.0 Å². The number of hydrogen-bond acceptors (Lipinski definition) is 3. The SMILES string of the molecule is CC(C)N(CC(=O)O)C(=O)NCc1cnc[nH]1. The number of carboxylic acid groups (broad SMARTS) is 1. The maximum atomic E-state index is 11.7. The van der Waals surface area contributed by atoms with Crippen molar-refractivity contribution in [3.8, 4) is 0 Å². The topological polar surface area (TPSA) is 98.3 Å². The number of amides is 2. The van der Waals surface area contributed by atoms with Crippen molar-refractivity contribution in [3.63, 3.8) is 0 Å². The molecule has 0 atom stereocenters. The van der Waals surface area contributed by atoms with Crippen molar-refractivity contribution in [2.75, 3.05) is 6.54 Å².